The van der Waals surface area contributed by atoms with E-state index in [0.29, 0.717) is 6.04 Å². The summed E-state index contributed by atoms with van der Waals surface area (Å²) in [6, 6.07) is 11.6. The van der Waals surface area contributed by atoms with E-state index in [4.69, 9.17) is 0 Å². The van der Waals surface area contributed by atoms with Crippen molar-refractivity contribution in [3.8, 4) is 11.1 Å². The molecule has 106 valence electrons. The molecule has 3 heteroatoms. The average Bonchev–Trinajstić information content (AvgIpc) is 3.12. The molecule has 0 spiro atoms. The molecule has 20 heavy (non-hydrogen) atoms. The number of benzene rings is 1. The van der Waals surface area contributed by atoms with Gasteiger partial charge in [0.25, 0.3) is 0 Å². The molecule has 1 aliphatic heterocycles. The van der Waals surface area contributed by atoms with Gasteiger partial charge in [-0.25, -0.2) is 0 Å². The number of hydrogen-bond donors (Lipinski definition) is 2. The average molecular weight is 269 g/mol. The number of likely N-dealkylation sites (tertiary alicyclic amines) is 1. The lowest BCUT2D eigenvalue weighted by Crippen LogP contribution is -2.35. The summed E-state index contributed by atoms with van der Waals surface area (Å²) in [5.41, 5.74) is 3.87. The van der Waals surface area contributed by atoms with Crippen LogP contribution in [0.15, 0.2) is 42.7 Å². The van der Waals surface area contributed by atoms with Crippen LogP contribution in [0.1, 0.15) is 18.4 Å². The number of likely N-dealkylation sites (N-methyl/N-ethyl adjacent to an activating group) is 1. The van der Waals surface area contributed by atoms with E-state index in [0.717, 1.165) is 13.1 Å². The van der Waals surface area contributed by atoms with Gasteiger partial charge in [-0.05, 0) is 49.2 Å². The highest BCUT2D eigenvalue weighted by atomic mass is 15.2. The van der Waals surface area contributed by atoms with Crippen molar-refractivity contribution < 1.29 is 0 Å². The van der Waals surface area contributed by atoms with Gasteiger partial charge in [0.2, 0.25) is 0 Å². The highest BCUT2D eigenvalue weighted by molar-refractivity contribution is 5.62. The van der Waals surface area contributed by atoms with E-state index in [1.54, 1.807) is 0 Å². The first kappa shape index (κ1) is 13.4. The molecule has 1 aromatic carbocycles. The number of aromatic amines is 1. The Morgan fingerprint density at radius 1 is 1.20 bits per heavy atom. The van der Waals surface area contributed by atoms with Gasteiger partial charge in [-0.1, -0.05) is 24.3 Å². The summed E-state index contributed by atoms with van der Waals surface area (Å²) in [5, 5.41) is 3.58. The molecule has 3 rings (SSSR count). The molecule has 1 unspecified atom stereocenters. The minimum absolute atomic E-state index is 0.717. The standard InChI is InChI=1S/C17H23N3/c1-20-10-2-3-17(20)13-19-11-14-4-6-15(7-5-14)16-8-9-18-12-16/h4-9,12,17-19H,2-3,10-11,13H2,1H3. The first-order chi connectivity index (χ1) is 9.83. The molecular weight excluding hydrogens is 246 g/mol. The van der Waals surface area contributed by atoms with E-state index in [2.05, 4.69) is 52.6 Å². The summed E-state index contributed by atoms with van der Waals surface area (Å²) in [6.07, 6.45) is 6.66. The summed E-state index contributed by atoms with van der Waals surface area (Å²) in [5.74, 6) is 0. The fraction of sp³-hybridized carbons (Fsp3) is 0.412. The quantitative estimate of drug-likeness (QED) is 0.874. The Kier molecular flexibility index (Phi) is 4.19. The van der Waals surface area contributed by atoms with E-state index >= 15 is 0 Å². The largest absolute Gasteiger partial charge is 0.367 e. The van der Waals surface area contributed by atoms with Gasteiger partial charge in [0.05, 0.1) is 0 Å². The Balaban J connectivity index is 1.51. The van der Waals surface area contributed by atoms with Crippen molar-refractivity contribution in [2.24, 2.45) is 0 Å². The Morgan fingerprint density at radius 3 is 2.70 bits per heavy atom. The summed E-state index contributed by atoms with van der Waals surface area (Å²) in [7, 11) is 2.23. The topological polar surface area (TPSA) is 31.1 Å². The van der Waals surface area contributed by atoms with Crippen molar-refractivity contribution in [2.75, 3.05) is 20.1 Å². The molecule has 3 nitrogen and oxygen atoms in total. The van der Waals surface area contributed by atoms with Crippen LogP contribution in [-0.2, 0) is 6.54 Å². The second kappa shape index (κ2) is 6.25. The van der Waals surface area contributed by atoms with Gasteiger partial charge < -0.3 is 15.2 Å². The maximum absolute atomic E-state index is 3.58. The zero-order valence-corrected chi connectivity index (χ0v) is 12.1. The van der Waals surface area contributed by atoms with Crippen LogP contribution in [0.3, 0.4) is 0 Å². The first-order valence-corrected chi connectivity index (χ1v) is 7.46. The summed E-state index contributed by atoms with van der Waals surface area (Å²) in [6.45, 7) is 3.30. The van der Waals surface area contributed by atoms with Crippen LogP contribution in [0.25, 0.3) is 11.1 Å². The zero-order chi connectivity index (χ0) is 13.8. The van der Waals surface area contributed by atoms with Crippen LogP contribution >= 0.6 is 0 Å². The molecule has 0 bridgehead atoms. The Hall–Kier alpha value is -1.58. The molecule has 0 radical (unpaired) electrons. The predicted molar refractivity (Wildman–Crippen MR) is 83.6 cm³/mol. The monoisotopic (exact) mass is 269 g/mol. The maximum atomic E-state index is 3.58. The summed E-state index contributed by atoms with van der Waals surface area (Å²) in [4.78, 5) is 5.56. The number of nitrogens with zero attached hydrogens (tertiary/aromatic N) is 1. The third kappa shape index (κ3) is 3.11. The number of aromatic nitrogens is 1. The van der Waals surface area contributed by atoms with E-state index in [1.807, 2.05) is 12.4 Å². The normalized spacial score (nSPS) is 19.6. The van der Waals surface area contributed by atoms with Gasteiger partial charge in [0.1, 0.15) is 0 Å². The number of nitrogens with one attached hydrogen (secondary N) is 2. The third-order valence-corrected chi connectivity index (χ3v) is 4.27. The smallest absolute Gasteiger partial charge is 0.0218 e. The number of H-pyrrole nitrogens is 1. The molecule has 0 amide bonds. The zero-order valence-electron chi connectivity index (χ0n) is 12.1. The van der Waals surface area contributed by atoms with Crippen LogP contribution in [-0.4, -0.2) is 36.1 Å². The van der Waals surface area contributed by atoms with Gasteiger partial charge >= 0.3 is 0 Å². The van der Waals surface area contributed by atoms with Crippen LogP contribution in [0.2, 0.25) is 0 Å². The molecule has 1 atom stereocenters. The number of hydrogen-bond acceptors (Lipinski definition) is 2. The highest BCUT2D eigenvalue weighted by Crippen LogP contribution is 2.19. The molecule has 0 aliphatic carbocycles. The molecule has 1 saturated heterocycles. The predicted octanol–water partition coefficient (Wildman–Crippen LogP) is 2.87. The molecule has 2 heterocycles. The lowest BCUT2D eigenvalue weighted by atomic mass is 10.1. The Bertz CT molecular complexity index is 516. The van der Waals surface area contributed by atoms with Crippen molar-refractivity contribution >= 4 is 0 Å². The maximum Gasteiger partial charge on any atom is 0.0218 e. The van der Waals surface area contributed by atoms with E-state index in [1.165, 1.54) is 36.1 Å². The van der Waals surface area contributed by atoms with Crippen LogP contribution in [0.4, 0.5) is 0 Å². The van der Waals surface area contributed by atoms with Gasteiger partial charge in [0.15, 0.2) is 0 Å². The fourth-order valence-electron chi connectivity index (χ4n) is 2.94. The minimum Gasteiger partial charge on any atom is -0.367 e. The number of rotatable bonds is 5. The Morgan fingerprint density at radius 2 is 2.05 bits per heavy atom. The molecule has 1 aliphatic rings. The van der Waals surface area contributed by atoms with Crippen molar-refractivity contribution in [1.29, 1.82) is 0 Å². The SMILES string of the molecule is CN1CCCC1CNCc1ccc(-c2cc[nH]c2)cc1. The van der Waals surface area contributed by atoms with Crippen molar-refractivity contribution in [2.45, 2.75) is 25.4 Å². The lowest BCUT2D eigenvalue weighted by Gasteiger charge is -2.19. The van der Waals surface area contributed by atoms with Crippen LogP contribution < -0.4 is 5.32 Å². The van der Waals surface area contributed by atoms with Crippen LogP contribution in [0, 0.1) is 0 Å². The molecule has 2 N–H and O–H groups in total. The minimum atomic E-state index is 0.717. The summed E-state index contributed by atoms with van der Waals surface area (Å²) < 4.78 is 0. The summed E-state index contributed by atoms with van der Waals surface area (Å²) >= 11 is 0. The van der Waals surface area contributed by atoms with Crippen LogP contribution in [0.5, 0.6) is 0 Å². The van der Waals surface area contributed by atoms with Gasteiger partial charge in [-0.15, -0.1) is 0 Å². The molecule has 1 aromatic heterocycles. The van der Waals surface area contributed by atoms with Gasteiger partial charge in [-0.2, -0.15) is 0 Å². The third-order valence-electron chi connectivity index (χ3n) is 4.27. The molecular formula is C17H23N3. The molecule has 2 aromatic rings. The van der Waals surface area contributed by atoms with Crippen molar-refractivity contribution in [1.82, 2.24) is 15.2 Å². The lowest BCUT2D eigenvalue weighted by molar-refractivity contribution is 0.300. The second-order valence-electron chi connectivity index (χ2n) is 5.70. The van der Waals surface area contributed by atoms with E-state index < -0.39 is 0 Å². The second-order valence-corrected chi connectivity index (χ2v) is 5.70. The molecule has 1 fully saturated rings. The van der Waals surface area contributed by atoms with Crippen molar-refractivity contribution in [3.05, 3.63) is 48.3 Å². The Labute approximate surface area is 121 Å². The van der Waals surface area contributed by atoms with Gasteiger partial charge in [0, 0.05) is 31.5 Å². The molecule has 0 saturated carbocycles. The fourth-order valence-corrected chi connectivity index (χ4v) is 2.94. The van der Waals surface area contributed by atoms with Gasteiger partial charge in [-0.3, -0.25) is 0 Å². The van der Waals surface area contributed by atoms with Crippen molar-refractivity contribution in [3.63, 3.8) is 0 Å². The van der Waals surface area contributed by atoms with E-state index in [9.17, 15) is 0 Å². The highest BCUT2D eigenvalue weighted by Gasteiger charge is 2.19. The first-order valence-electron chi connectivity index (χ1n) is 7.46. The van der Waals surface area contributed by atoms with E-state index in [-0.39, 0.29) is 0 Å².